The minimum absolute atomic E-state index is 0.0348. The molecule has 0 saturated heterocycles. The summed E-state index contributed by atoms with van der Waals surface area (Å²) >= 11 is 3.84. The zero-order chi connectivity index (χ0) is 9.31. The molecule has 2 heteroatoms. The van der Waals surface area contributed by atoms with Crippen molar-refractivity contribution in [3.63, 3.8) is 0 Å². The molecule has 1 aromatic carbocycles. The van der Waals surface area contributed by atoms with Gasteiger partial charge in [-0.05, 0) is 35.8 Å². The second-order valence-corrected chi connectivity index (χ2v) is 3.69. The second kappa shape index (κ2) is 3.10. The van der Waals surface area contributed by atoms with Crippen LogP contribution in [0.4, 0.5) is 0 Å². The molecule has 2 rings (SSSR count). The first kappa shape index (κ1) is 8.68. The number of rotatable bonds is 1. The number of nitrogens with two attached hydrogens (primary N) is 1. The number of hydrogen-bond donors (Lipinski definition) is 2. The Morgan fingerprint density at radius 1 is 1.23 bits per heavy atom. The van der Waals surface area contributed by atoms with Crippen LogP contribution in [0, 0.1) is 11.2 Å². The van der Waals surface area contributed by atoms with Crippen LogP contribution in [0.5, 0.6) is 0 Å². The lowest BCUT2D eigenvalue weighted by molar-refractivity contribution is 0.740. The smallest absolute Gasteiger partial charge is 0.0411 e. The maximum absolute atomic E-state index is 6.04. The van der Waals surface area contributed by atoms with Gasteiger partial charge in [0.2, 0.25) is 0 Å². The van der Waals surface area contributed by atoms with Crippen LogP contribution >= 0.6 is 12.6 Å². The van der Waals surface area contributed by atoms with Gasteiger partial charge in [-0.15, -0.1) is 0 Å². The fraction of sp³-hybridized carbons (Fsp3) is 0.273. The van der Waals surface area contributed by atoms with E-state index in [1.807, 2.05) is 12.1 Å². The molecule has 0 radical (unpaired) electrons. The second-order valence-electron chi connectivity index (χ2n) is 3.47. The highest BCUT2D eigenvalue weighted by atomic mass is 32.1. The Morgan fingerprint density at radius 3 is 2.31 bits per heavy atom. The molecule has 0 aromatic heterocycles. The van der Waals surface area contributed by atoms with Crippen molar-refractivity contribution < 1.29 is 0 Å². The lowest BCUT2D eigenvalue weighted by Gasteiger charge is -2.07. The maximum atomic E-state index is 6.04. The molecule has 0 spiro atoms. The van der Waals surface area contributed by atoms with Crippen molar-refractivity contribution in [1.29, 1.82) is 0 Å². The molecule has 0 amide bonds. The lowest BCUT2D eigenvalue weighted by Crippen LogP contribution is -2.18. The first-order valence-electron chi connectivity index (χ1n) is 4.29. The van der Waals surface area contributed by atoms with Gasteiger partial charge in [-0.3, -0.25) is 0 Å². The van der Waals surface area contributed by atoms with Gasteiger partial charge in [-0.25, -0.2) is 0 Å². The van der Waals surface area contributed by atoms with Crippen molar-refractivity contribution in [3.05, 3.63) is 35.4 Å². The largest absolute Gasteiger partial charge is 0.321 e. The van der Waals surface area contributed by atoms with E-state index >= 15 is 0 Å². The molecule has 1 fully saturated rings. The Hall–Kier alpha value is -0.910. The zero-order valence-corrected chi connectivity index (χ0v) is 8.14. The van der Waals surface area contributed by atoms with Crippen molar-refractivity contribution in [2.45, 2.75) is 18.4 Å². The van der Waals surface area contributed by atoms with Crippen molar-refractivity contribution in [3.8, 4) is 11.2 Å². The van der Waals surface area contributed by atoms with Crippen molar-refractivity contribution >= 4 is 12.6 Å². The van der Waals surface area contributed by atoms with E-state index in [9.17, 15) is 0 Å². The lowest BCUT2D eigenvalue weighted by atomic mass is 10.0. The van der Waals surface area contributed by atoms with E-state index in [4.69, 9.17) is 5.73 Å². The van der Waals surface area contributed by atoms with Crippen LogP contribution in [-0.2, 0) is 5.54 Å². The molecule has 0 atom stereocenters. The molecule has 1 aliphatic carbocycles. The summed E-state index contributed by atoms with van der Waals surface area (Å²) in [6, 6.07) is 8.10. The molecule has 0 bridgehead atoms. The summed E-state index contributed by atoms with van der Waals surface area (Å²) < 4.78 is 0. The number of thiol groups is 1. The molecule has 66 valence electrons. The van der Waals surface area contributed by atoms with Gasteiger partial charge < -0.3 is 5.73 Å². The average Bonchev–Trinajstić information content (AvgIpc) is 2.87. The summed E-state index contributed by atoms with van der Waals surface area (Å²) in [5.41, 5.74) is 8.21. The van der Waals surface area contributed by atoms with Crippen molar-refractivity contribution in [1.82, 2.24) is 0 Å². The Morgan fingerprint density at radius 2 is 1.85 bits per heavy atom. The Balaban J connectivity index is 2.27. The third kappa shape index (κ3) is 1.72. The Labute approximate surface area is 83.7 Å². The van der Waals surface area contributed by atoms with Crippen LogP contribution in [0.25, 0.3) is 0 Å². The number of hydrogen-bond acceptors (Lipinski definition) is 2. The highest BCUT2D eigenvalue weighted by molar-refractivity contribution is 7.85. The van der Waals surface area contributed by atoms with Crippen LogP contribution in [0.3, 0.4) is 0 Å². The molecule has 1 nitrogen and oxygen atoms in total. The monoisotopic (exact) mass is 189 g/mol. The van der Waals surface area contributed by atoms with Crippen LogP contribution < -0.4 is 5.73 Å². The molecule has 13 heavy (non-hydrogen) atoms. The third-order valence-electron chi connectivity index (χ3n) is 2.45. The first-order chi connectivity index (χ1) is 6.24. The molecule has 1 aromatic rings. The minimum atomic E-state index is -0.0348. The van der Waals surface area contributed by atoms with Gasteiger partial charge in [-0.2, -0.15) is 0 Å². The molecule has 0 heterocycles. The summed E-state index contributed by atoms with van der Waals surface area (Å²) in [6.45, 7) is 0. The fourth-order valence-corrected chi connectivity index (χ4v) is 1.50. The summed E-state index contributed by atoms with van der Waals surface area (Å²) in [5, 5.41) is 2.57. The fourth-order valence-electron chi connectivity index (χ4n) is 1.37. The average molecular weight is 189 g/mol. The first-order valence-corrected chi connectivity index (χ1v) is 4.74. The summed E-state index contributed by atoms with van der Waals surface area (Å²) in [5.74, 6) is 2.88. The maximum Gasteiger partial charge on any atom is 0.0411 e. The highest BCUT2D eigenvalue weighted by Gasteiger charge is 2.39. The quantitative estimate of drug-likeness (QED) is 0.512. The van der Waals surface area contributed by atoms with E-state index in [1.54, 1.807) is 0 Å². The zero-order valence-electron chi connectivity index (χ0n) is 7.25. The van der Waals surface area contributed by atoms with E-state index < -0.39 is 0 Å². The molecular formula is C11H11NS. The Kier molecular flexibility index (Phi) is 2.07. The van der Waals surface area contributed by atoms with Gasteiger partial charge in [-0.1, -0.05) is 30.7 Å². The van der Waals surface area contributed by atoms with E-state index in [2.05, 4.69) is 35.9 Å². The number of benzene rings is 1. The topological polar surface area (TPSA) is 26.0 Å². The van der Waals surface area contributed by atoms with Crippen LogP contribution in [0.2, 0.25) is 0 Å². The van der Waals surface area contributed by atoms with Crippen LogP contribution in [-0.4, -0.2) is 0 Å². The molecule has 0 unspecified atom stereocenters. The van der Waals surface area contributed by atoms with Gasteiger partial charge in [0.25, 0.3) is 0 Å². The van der Waals surface area contributed by atoms with Gasteiger partial charge in [0, 0.05) is 11.1 Å². The molecule has 1 saturated carbocycles. The van der Waals surface area contributed by atoms with E-state index in [0.29, 0.717) is 0 Å². The standard InChI is InChI=1S/C11H11NS/c12-11(6-7-11)10-3-1-9(2-4-10)5-8-13/h1-4,13H,6-7,12H2. The van der Waals surface area contributed by atoms with Crippen LogP contribution in [0.15, 0.2) is 24.3 Å². The highest BCUT2D eigenvalue weighted by Crippen LogP contribution is 2.42. The van der Waals surface area contributed by atoms with Gasteiger partial charge in [0.1, 0.15) is 0 Å². The molecule has 2 N–H and O–H groups in total. The van der Waals surface area contributed by atoms with E-state index in [-0.39, 0.29) is 5.54 Å². The predicted octanol–water partition coefficient (Wildman–Crippen LogP) is 1.87. The normalized spacial score (nSPS) is 17.4. The van der Waals surface area contributed by atoms with Gasteiger partial charge in [0.15, 0.2) is 0 Å². The SMILES string of the molecule is NC1(c2ccc(C#CS)cc2)CC1. The van der Waals surface area contributed by atoms with E-state index in [0.717, 1.165) is 18.4 Å². The summed E-state index contributed by atoms with van der Waals surface area (Å²) in [4.78, 5) is 0. The minimum Gasteiger partial charge on any atom is -0.321 e. The van der Waals surface area contributed by atoms with E-state index in [1.165, 1.54) is 5.56 Å². The van der Waals surface area contributed by atoms with Crippen molar-refractivity contribution in [2.24, 2.45) is 5.73 Å². The molecule has 0 aliphatic heterocycles. The molecule has 1 aliphatic rings. The van der Waals surface area contributed by atoms with Crippen LogP contribution in [0.1, 0.15) is 24.0 Å². The van der Waals surface area contributed by atoms with Crippen molar-refractivity contribution in [2.75, 3.05) is 0 Å². The Bertz CT molecular complexity index is 365. The predicted molar refractivity (Wildman–Crippen MR) is 57.4 cm³/mol. The summed E-state index contributed by atoms with van der Waals surface area (Å²) in [7, 11) is 0. The third-order valence-corrected chi connectivity index (χ3v) is 2.56. The molecular weight excluding hydrogens is 178 g/mol. The van der Waals surface area contributed by atoms with Gasteiger partial charge >= 0.3 is 0 Å². The van der Waals surface area contributed by atoms with Gasteiger partial charge in [0.05, 0.1) is 0 Å². The summed E-state index contributed by atoms with van der Waals surface area (Å²) in [6.07, 6.45) is 2.20.